The molecule has 0 aliphatic rings. The molecule has 1 aromatic heterocycles. The zero-order chi connectivity index (χ0) is 19.6. The summed E-state index contributed by atoms with van der Waals surface area (Å²) in [7, 11) is 0. The maximum absolute atomic E-state index is 12.6. The van der Waals surface area contributed by atoms with Crippen molar-refractivity contribution >= 4 is 57.0 Å². The number of halogens is 5. The zero-order valence-corrected chi connectivity index (χ0v) is 15.6. The molecule has 0 unspecified atom stereocenters. The first-order valence-electron chi connectivity index (χ1n) is 7.39. The lowest BCUT2D eigenvalue weighted by molar-refractivity contribution is -0.137. The molecule has 140 valence electrons. The molecule has 3 aromatic rings. The maximum Gasteiger partial charge on any atom is 0.416 e. The third-order valence-electron chi connectivity index (χ3n) is 3.40. The molecular weight excluding hydrogens is 422 g/mol. The van der Waals surface area contributed by atoms with E-state index in [0.29, 0.717) is 20.9 Å². The van der Waals surface area contributed by atoms with E-state index in [-0.39, 0.29) is 11.4 Å². The fourth-order valence-electron chi connectivity index (χ4n) is 2.10. The predicted molar refractivity (Wildman–Crippen MR) is 101 cm³/mol. The Hall–Kier alpha value is -2.29. The Morgan fingerprint density at radius 1 is 1.04 bits per heavy atom. The zero-order valence-electron chi connectivity index (χ0n) is 13.3. The fourth-order valence-corrected chi connectivity index (χ4v) is 3.28. The van der Waals surface area contributed by atoms with E-state index >= 15 is 0 Å². The lowest BCUT2D eigenvalue weighted by Gasteiger charge is -2.08. The van der Waals surface area contributed by atoms with Gasteiger partial charge in [0, 0.05) is 11.1 Å². The standard InChI is InChI=1S/C17H10Cl2F3N3OS/c18-11-2-1-3-12(19)14(11)25-16-24-13(8-27-16)15(26)23-10-6-4-9(5-7-10)17(20,21)22/h1-8H,(H,23,26)(H,24,25). The monoisotopic (exact) mass is 431 g/mol. The third-order valence-corrected chi connectivity index (χ3v) is 4.79. The number of amides is 1. The van der Waals surface area contributed by atoms with E-state index in [1.165, 1.54) is 17.5 Å². The molecule has 0 bridgehead atoms. The van der Waals surface area contributed by atoms with Crippen molar-refractivity contribution in [2.24, 2.45) is 0 Å². The lowest BCUT2D eigenvalue weighted by Crippen LogP contribution is -2.13. The number of alkyl halides is 3. The molecule has 0 fully saturated rings. The summed E-state index contributed by atoms with van der Waals surface area (Å²) < 4.78 is 37.7. The number of hydrogen-bond donors (Lipinski definition) is 2. The molecule has 0 spiro atoms. The van der Waals surface area contributed by atoms with Crippen LogP contribution in [0.4, 0.5) is 29.7 Å². The summed E-state index contributed by atoms with van der Waals surface area (Å²) in [6, 6.07) is 9.14. The molecule has 2 aromatic carbocycles. The van der Waals surface area contributed by atoms with Gasteiger partial charge in [-0.05, 0) is 36.4 Å². The van der Waals surface area contributed by atoms with Crippen LogP contribution in [0.15, 0.2) is 47.8 Å². The highest BCUT2D eigenvalue weighted by Gasteiger charge is 2.30. The number of carbonyl (C=O) groups excluding carboxylic acids is 1. The minimum Gasteiger partial charge on any atom is -0.329 e. The molecule has 3 rings (SSSR count). The molecule has 2 N–H and O–H groups in total. The number of hydrogen-bond acceptors (Lipinski definition) is 4. The van der Waals surface area contributed by atoms with Gasteiger partial charge in [-0.2, -0.15) is 13.2 Å². The number of aromatic nitrogens is 1. The average molecular weight is 432 g/mol. The van der Waals surface area contributed by atoms with Gasteiger partial charge >= 0.3 is 6.18 Å². The number of nitrogens with one attached hydrogen (secondary N) is 2. The van der Waals surface area contributed by atoms with Crippen LogP contribution in [-0.4, -0.2) is 10.9 Å². The van der Waals surface area contributed by atoms with Gasteiger partial charge in [0.1, 0.15) is 5.69 Å². The Bertz CT molecular complexity index is 954. The highest BCUT2D eigenvalue weighted by Crippen LogP contribution is 2.33. The van der Waals surface area contributed by atoms with E-state index in [2.05, 4.69) is 15.6 Å². The van der Waals surface area contributed by atoms with E-state index < -0.39 is 17.6 Å². The van der Waals surface area contributed by atoms with Crippen LogP contribution in [0.1, 0.15) is 16.1 Å². The molecule has 0 saturated carbocycles. The first-order chi connectivity index (χ1) is 12.7. The van der Waals surface area contributed by atoms with Crippen molar-refractivity contribution in [3.8, 4) is 0 Å². The van der Waals surface area contributed by atoms with Crippen LogP contribution in [0.3, 0.4) is 0 Å². The van der Waals surface area contributed by atoms with Gasteiger partial charge in [-0.25, -0.2) is 4.98 Å². The van der Waals surface area contributed by atoms with Crippen molar-refractivity contribution < 1.29 is 18.0 Å². The highest BCUT2D eigenvalue weighted by molar-refractivity contribution is 7.14. The highest BCUT2D eigenvalue weighted by atomic mass is 35.5. The van der Waals surface area contributed by atoms with E-state index in [0.717, 1.165) is 23.5 Å². The first kappa shape index (κ1) is 19.5. The van der Waals surface area contributed by atoms with Crippen LogP contribution in [-0.2, 0) is 6.18 Å². The summed E-state index contributed by atoms with van der Waals surface area (Å²) in [6.07, 6.45) is -4.43. The fraction of sp³-hybridized carbons (Fsp3) is 0.0588. The smallest absolute Gasteiger partial charge is 0.329 e. The summed E-state index contributed by atoms with van der Waals surface area (Å²) >= 11 is 13.3. The molecule has 0 aliphatic heterocycles. The van der Waals surface area contributed by atoms with E-state index in [4.69, 9.17) is 23.2 Å². The van der Waals surface area contributed by atoms with Crippen molar-refractivity contribution in [2.45, 2.75) is 6.18 Å². The van der Waals surface area contributed by atoms with Gasteiger partial charge in [0.25, 0.3) is 5.91 Å². The van der Waals surface area contributed by atoms with E-state index in [1.54, 1.807) is 18.2 Å². The average Bonchev–Trinajstić information content (AvgIpc) is 3.07. The predicted octanol–water partition coefficient (Wildman–Crippen LogP) is 6.46. The topological polar surface area (TPSA) is 54.0 Å². The Labute approximate surface area is 165 Å². The molecule has 4 nitrogen and oxygen atoms in total. The van der Waals surface area contributed by atoms with Crippen molar-refractivity contribution in [3.05, 3.63) is 69.1 Å². The Morgan fingerprint density at radius 3 is 2.26 bits per heavy atom. The molecule has 1 heterocycles. The van der Waals surface area contributed by atoms with E-state index in [1.807, 2.05) is 0 Å². The maximum atomic E-state index is 12.6. The third kappa shape index (κ3) is 4.71. The van der Waals surface area contributed by atoms with Gasteiger partial charge in [-0.1, -0.05) is 29.3 Å². The number of rotatable bonds is 4. The number of anilines is 3. The molecule has 0 saturated heterocycles. The number of nitrogens with zero attached hydrogens (tertiary/aromatic N) is 1. The van der Waals surface area contributed by atoms with Crippen LogP contribution >= 0.6 is 34.5 Å². The molecule has 0 atom stereocenters. The minimum absolute atomic E-state index is 0.102. The quantitative estimate of drug-likeness (QED) is 0.497. The van der Waals surface area contributed by atoms with Gasteiger partial charge in [0.15, 0.2) is 5.13 Å². The van der Waals surface area contributed by atoms with Crippen molar-refractivity contribution in [1.82, 2.24) is 4.98 Å². The van der Waals surface area contributed by atoms with Gasteiger partial charge in [-0.3, -0.25) is 4.79 Å². The number of benzene rings is 2. The number of para-hydroxylation sites is 1. The van der Waals surface area contributed by atoms with Crippen LogP contribution in [0.5, 0.6) is 0 Å². The van der Waals surface area contributed by atoms with Crippen LogP contribution in [0, 0.1) is 0 Å². The molecule has 10 heteroatoms. The number of thiazole rings is 1. The summed E-state index contributed by atoms with van der Waals surface area (Å²) in [4.78, 5) is 16.4. The van der Waals surface area contributed by atoms with Crippen molar-refractivity contribution in [3.63, 3.8) is 0 Å². The molecular formula is C17H10Cl2F3N3OS. The van der Waals surface area contributed by atoms with Gasteiger partial charge in [-0.15, -0.1) is 11.3 Å². The Balaban J connectivity index is 1.70. The first-order valence-corrected chi connectivity index (χ1v) is 9.03. The molecule has 0 radical (unpaired) electrons. The van der Waals surface area contributed by atoms with Gasteiger partial charge in [0.2, 0.25) is 0 Å². The summed E-state index contributed by atoms with van der Waals surface area (Å²) in [5.41, 5.74) is -0.00243. The van der Waals surface area contributed by atoms with E-state index in [9.17, 15) is 18.0 Å². The molecule has 0 aliphatic carbocycles. The lowest BCUT2D eigenvalue weighted by atomic mass is 10.2. The second kappa shape index (κ2) is 7.75. The van der Waals surface area contributed by atoms with Gasteiger partial charge in [0.05, 0.1) is 21.3 Å². The summed E-state index contributed by atoms with van der Waals surface area (Å²) in [5, 5.41) is 8.13. The second-order valence-corrected chi connectivity index (χ2v) is 6.96. The van der Waals surface area contributed by atoms with Crippen LogP contribution in [0.25, 0.3) is 0 Å². The molecule has 1 amide bonds. The normalized spacial score (nSPS) is 11.3. The largest absolute Gasteiger partial charge is 0.416 e. The Morgan fingerprint density at radius 2 is 1.67 bits per heavy atom. The van der Waals surface area contributed by atoms with Crippen LogP contribution in [0.2, 0.25) is 10.0 Å². The number of carbonyl (C=O) groups is 1. The summed E-state index contributed by atoms with van der Waals surface area (Å²) in [5.74, 6) is -0.552. The Kier molecular flexibility index (Phi) is 5.59. The summed E-state index contributed by atoms with van der Waals surface area (Å²) in [6.45, 7) is 0. The minimum atomic E-state index is -4.43. The second-order valence-electron chi connectivity index (χ2n) is 5.29. The van der Waals surface area contributed by atoms with Gasteiger partial charge < -0.3 is 10.6 Å². The SMILES string of the molecule is O=C(Nc1ccc(C(F)(F)F)cc1)c1csc(Nc2c(Cl)cccc2Cl)n1. The van der Waals surface area contributed by atoms with Crippen LogP contribution < -0.4 is 10.6 Å². The molecule has 27 heavy (non-hydrogen) atoms. The van der Waals surface area contributed by atoms with Crippen molar-refractivity contribution in [2.75, 3.05) is 10.6 Å². The van der Waals surface area contributed by atoms with Crippen molar-refractivity contribution in [1.29, 1.82) is 0 Å².